The van der Waals surface area contributed by atoms with Gasteiger partial charge in [-0.3, -0.25) is 9.78 Å². The molecule has 4 rings (SSSR count). The fraction of sp³-hybridized carbons (Fsp3) is 0.174. The zero-order valence-corrected chi connectivity index (χ0v) is 16.6. The molecule has 0 aliphatic carbocycles. The topological polar surface area (TPSA) is 59.8 Å². The lowest BCUT2D eigenvalue weighted by molar-refractivity contribution is -0.138. The van der Waals surface area contributed by atoms with Crippen molar-refractivity contribution in [2.24, 2.45) is 0 Å². The molecule has 8 heteroatoms. The SMILES string of the molecule is Cc1nc2ccc(C(=O)NCc3ccccn3)cc2n1Cc1ccccc1C(F)(F)F. The summed E-state index contributed by atoms with van der Waals surface area (Å²) in [6, 6.07) is 15.9. The van der Waals surface area contributed by atoms with Crippen LogP contribution in [0.3, 0.4) is 0 Å². The van der Waals surface area contributed by atoms with Gasteiger partial charge in [-0.15, -0.1) is 0 Å². The maximum atomic E-state index is 13.4. The van der Waals surface area contributed by atoms with E-state index in [4.69, 9.17) is 0 Å². The van der Waals surface area contributed by atoms with E-state index < -0.39 is 11.7 Å². The summed E-state index contributed by atoms with van der Waals surface area (Å²) in [6.45, 7) is 2.00. The number of hydrogen-bond donors (Lipinski definition) is 1. The Morgan fingerprint density at radius 3 is 2.58 bits per heavy atom. The highest BCUT2D eigenvalue weighted by Crippen LogP contribution is 2.33. The van der Waals surface area contributed by atoms with Crippen molar-refractivity contribution in [3.05, 3.63) is 95.1 Å². The standard InChI is InChI=1S/C23H19F3N4O/c1-15-29-20-10-9-16(22(31)28-13-18-7-4-5-11-27-18)12-21(20)30(15)14-17-6-2-3-8-19(17)23(24,25)26/h2-12H,13-14H2,1H3,(H,28,31). The molecule has 31 heavy (non-hydrogen) atoms. The molecule has 2 heterocycles. The normalized spacial score (nSPS) is 11.6. The number of alkyl halides is 3. The number of carbonyl (C=O) groups excluding carboxylic acids is 1. The van der Waals surface area contributed by atoms with Gasteiger partial charge >= 0.3 is 6.18 Å². The molecule has 0 spiro atoms. The maximum absolute atomic E-state index is 13.4. The maximum Gasteiger partial charge on any atom is 0.416 e. The molecule has 1 N–H and O–H groups in total. The molecule has 0 aliphatic heterocycles. The van der Waals surface area contributed by atoms with Crippen molar-refractivity contribution in [1.82, 2.24) is 19.9 Å². The molecule has 2 aromatic heterocycles. The Labute approximate surface area is 176 Å². The number of halogens is 3. The first-order chi connectivity index (χ1) is 14.8. The minimum absolute atomic E-state index is 0.00295. The highest BCUT2D eigenvalue weighted by Gasteiger charge is 2.33. The van der Waals surface area contributed by atoms with E-state index in [2.05, 4.69) is 15.3 Å². The summed E-state index contributed by atoms with van der Waals surface area (Å²) in [5.74, 6) is 0.270. The summed E-state index contributed by atoms with van der Waals surface area (Å²) in [6.07, 6.45) is -2.80. The molecule has 0 fully saturated rings. The van der Waals surface area contributed by atoms with Crippen LogP contribution in [0.5, 0.6) is 0 Å². The van der Waals surface area contributed by atoms with E-state index in [1.165, 1.54) is 12.1 Å². The number of benzene rings is 2. The summed E-state index contributed by atoms with van der Waals surface area (Å²) in [7, 11) is 0. The van der Waals surface area contributed by atoms with E-state index in [0.717, 1.165) is 11.8 Å². The molecule has 1 amide bonds. The van der Waals surface area contributed by atoms with E-state index >= 15 is 0 Å². The molecular formula is C23H19F3N4O. The van der Waals surface area contributed by atoms with Gasteiger partial charge in [0.25, 0.3) is 5.91 Å². The van der Waals surface area contributed by atoms with Crippen LogP contribution in [-0.4, -0.2) is 20.4 Å². The number of imidazole rings is 1. The lowest BCUT2D eigenvalue weighted by Gasteiger charge is -2.14. The van der Waals surface area contributed by atoms with Crippen LogP contribution in [0, 0.1) is 6.92 Å². The van der Waals surface area contributed by atoms with Gasteiger partial charge in [-0.1, -0.05) is 24.3 Å². The van der Waals surface area contributed by atoms with Crippen molar-refractivity contribution in [2.45, 2.75) is 26.2 Å². The predicted octanol–water partition coefficient (Wildman–Crippen LogP) is 4.74. The minimum atomic E-state index is -4.45. The lowest BCUT2D eigenvalue weighted by Crippen LogP contribution is -2.23. The fourth-order valence-corrected chi connectivity index (χ4v) is 3.46. The number of nitrogens with one attached hydrogen (secondary N) is 1. The largest absolute Gasteiger partial charge is 0.416 e. The van der Waals surface area contributed by atoms with Gasteiger partial charge in [0, 0.05) is 18.3 Å². The third kappa shape index (κ3) is 4.42. The Morgan fingerprint density at radius 1 is 1.06 bits per heavy atom. The highest BCUT2D eigenvalue weighted by molar-refractivity contribution is 5.97. The molecular weight excluding hydrogens is 405 g/mol. The predicted molar refractivity (Wildman–Crippen MR) is 110 cm³/mol. The van der Waals surface area contributed by atoms with Gasteiger partial charge in [0.05, 0.1) is 28.8 Å². The molecule has 0 saturated heterocycles. The van der Waals surface area contributed by atoms with Gasteiger partial charge in [0.15, 0.2) is 0 Å². The van der Waals surface area contributed by atoms with Gasteiger partial charge in [-0.25, -0.2) is 4.98 Å². The number of fused-ring (bicyclic) bond motifs is 1. The minimum Gasteiger partial charge on any atom is -0.346 e. The highest BCUT2D eigenvalue weighted by atomic mass is 19.4. The molecule has 0 unspecified atom stereocenters. The Kier molecular flexibility index (Phi) is 5.46. The number of aromatic nitrogens is 3. The second kappa shape index (κ2) is 8.22. The number of amides is 1. The first-order valence-electron chi connectivity index (χ1n) is 9.63. The van der Waals surface area contributed by atoms with E-state index in [1.807, 2.05) is 6.07 Å². The molecule has 2 aromatic carbocycles. The zero-order chi connectivity index (χ0) is 22.0. The summed E-state index contributed by atoms with van der Waals surface area (Å²) in [4.78, 5) is 21.2. The molecule has 0 radical (unpaired) electrons. The average Bonchev–Trinajstić information content (AvgIpc) is 3.07. The van der Waals surface area contributed by atoms with Gasteiger partial charge in [0.2, 0.25) is 0 Å². The van der Waals surface area contributed by atoms with Crippen molar-refractivity contribution in [3.8, 4) is 0 Å². The fourth-order valence-electron chi connectivity index (χ4n) is 3.46. The van der Waals surface area contributed by atoms with Crippen LogP contribution < -0.4 is 5.32 Å². The third-order valence-corrected chi connectivity index (χ3v) is 5.01. The lowest BCUT2D eigenvalue weighted by atomic mass is 10.1. The van der Waals surface area contributed by atoms with Crippen LogP contribution in [0.25, 0.3) is 11.0 Å². The second-order valence-electron chi connectivity index (χ2n) is 7.11. The molecule has 0 atom stereocenters. The van der Waals surface area contributed by atoms with E-state index in [-0.39, 0.29) is 24.6 Å². The van der Waals surface area contributed by atoms with Crippen LogP contribution in [0.4, 0.5) is 13.2 Å². The van der Waals surface area contributed by atoms with Gasteiger partial charge < -0.3 is 9.88 Å². The van der Waals surface area contributed by atoms with Crippen LogP contribution in [0.15, 0.2) is 66.9 Å². The molecule has 0 aliphatic rings. The van der Waals surface area contributed by atoms with Crippen molar-refractivity contribution in [2.75, 3.05) is 0 Å². The summed E-state index contributed by atoms with van der Waals surface area (Å²) in [5.41, 5.74) is 1.79. The number of nitrogens with zero attached hydrogens (tertiary/aromatic N) is 3. The summed E-state index contributed by atoms with van der Waals surface area (Å²) >= 11 is 0. The van der Waals surface area contributed by atoms with Crippen molar-refractivity contribution in [3.63, 3.8) is 0 Å². The Balaban J connectivity index is 1.64. The van der Waals surface area contributed by atoms with Crippen molar-refractivity contribution in [1.29, 1.82) is 0 Å². The Morgan fingerprint density at radius 2 is 1.84 bits per heavy atom. The molecule has 158 valence electrons. The van der Waals surface area contributed by atoms with Crippen LogP contribution in [0.1, 0.15) is 33.0 Å². The van der Waals surface area contributed by atoms with Crippen LogP contribution >= 0.6 is 0 Å². The number of carbonyl (C=O) groups is 1. The number of rotatable bonds is 5. The van der Waals surface area contributed by atoms with Crippen LogP contribution in [-0.2, 0) is 19.3 Å². The third-order valence-electron chi connectivity index (χ3n) is 5.01. The van der Waals surface area contributed by atoms with Gasteiger partial charge in [-0.05, 0) is 48.9 Å². The Bertz CT molecular complexity index is 1230. The van der Waals surface area contributed by atoms with Crippen LogP contribution in [0.2, 0.25) is 0 Å². The van der Waals surface area contributed by atoms with E-state index in [9.17, 15) is 18.0 Å². The molecule has 5 nitrogen and oxygen atoms in total. The monoisotopic (exact) mass is 424 g/mol. The molecule has 0 bridgehead atoms. The first-order valence-corrected chi connectivity index (χ1v) is 9.63. The second-order valence-corrected chi connectivity index (χ2v) is 7.11. The summed E-state index contributed by atoms with van der Waals surface area (Å²) in [5, 5.41) is 2.81. The van der Waals surface area contributed by atoms with Crippen molar-refractivity contribution < 1.29 is 18.0 Å². The Hall–Kier alpha value is -3.68. The number of aryl methyl sites for hydroxylation is 1. The average molecular weight is 424 g/mol. The van der Waals surface area contributed by atoms with Gasteiger partial charge in [0.1, 0.15) is 5.82 Å². The summed E-state index contributed by atoms with van der Waals surface area (Å²) < 4.78 is 41.9. The first kappa shape index (κ1) is 20.6. The number of hydrogen-bond acceptors (Lipinski definition) is 3. The van der Waals surface area contributed by atoms with E-state index in [1.54, 1.807) is 54.1 Å². The quantitative estimate of drug-likeness (QED) is 0.504. The zero-order valence-electron chi connectivity index (χ0n) is 16.6. The van der Waals surface area contributed by atoms with Gasteiger partial charge in [-0.2, -0.15) is 13.2 Å². The number of pyridine rings is 1. The smallest absolute Gasteiger partial charge is 0.346 e. The molecule has 4 aromatic rings. The molecule has 0 saturated carbocycles. The van der Waals surface area contributed by atoms with E-state index in [0.29, 0.717) is 22.4 Å². The van der Waals surface area contributed by atoms with Crippen molar-refractivity contribution >= 4 is 16.9 Å².